The maximum absolute atomic E-state index is 14.8. The topological polar surface area (TPSA) is 96.4 Å². The van der Waals surface area contributed by atoms with Gasteiger partial charge in [0, 0.05) is 12.2 Å². The van der Waals surface area contributed by atoms with Crippen LogP contribution in [0.2, 0.25) is 0 Å². The van der Waals surface area contributed by atoms with Gasteiger partial charge in [-0.05, 0) is 54.7 Å². The molecule has 6 atom stereocenters. The third-order valence-electron chi connectivity index (χ3n) is 9.07. The lowest BCUT2D eigenvalue weighted by Gasteiger charge is -2.39. The second kappa shape index (κ2) is 11.3. The lowest BCUT2D eigenvalue weighted by Crippen LogP contribution is -2.59. The van der Waals surface area contributed by atoms with Crippen molar-refractivity contribution in [2.75, 3.05) is 24.7 Å². The van der Waals surface area contributed by atoms with Crippen molar-refractivity contribution in [2.24, 2.45) is 11.8 Å². The van der Waals surface area contributed by atoms with E-state index in [4.69, 9.17) is 9.47 Å². The minimum Gasteiger partial charge on any atom is -0.466 e. The molecule has 0 saturated carbocycles. The average Bonchev–Trinajstić information content (AvgIpc) is 3.66. The smallest absolute Gasteiger partial charge is 0.312 e. The molecule has 3 heterocycles. The molecule has 1 spiro atoms. The lowest BCUT2D eigenvalue weighted by atomic mass is 9.70. The van der Waals surface area contributed by atoms with Crippen LogP contribution in [0.25, 0.3) is 10.8 Å². The first kappa shape index (κ1) is 28.1. The number of amides is 2. The van der Waals surface area contributed by atoms with Gasteiger partial charge in [-0.1, -0.05) is 66.7 Å². The van der Waals surface area contributed by atoms with Crippen molar-refractivity contribution in [3.8, 4) is 0 Å². The number of aliphatic hydroxyl groups excluding tert-OH is 1. The predicted molar refractivity (Wildman–Crippen MR) is 159 cm³/mol. The van der Waals surface area contributed by atoms with E-state index < -0.39 is 41.6 Å². The highest BCUT2D eigenvalue weighted by Crippen LogP contribution is 2.59. The molecule has 218 valence electrons. The average molecular weight is 569 g/mol. The summed E-state index contributed by atoms with van der Waals surface area (Å²) < 4.78 is 12.0. The Labute approximate surface area is 245 Å². The van der Waals surface area contributed by atoms with Gasteiger partial charge in [0.05, 0.1) is 37.2 Å². The van der Waals surface area contributed by atoms with Gasteiger partial charge in [0.1, 0.15) is 11.6 Å². The molecule has 3 aromatic carbocycles. The number of carbonyl (C=O) groups excluding carboxylic acids is 3. The second-order valence-electron chi connectivity index (χ2n) is 11.3. The number of rotatable bonds is 10. The highest BCUT2D eigenvalue weighted by molar-refractivity contribution is 6.05. The van der Waals surface area contributed by atoms with Crippen LogP contribution in [-0.2, 0) is 30.3 Å². The molecule has 2 amide bonds. The number of anilines is 1. The summed E-state index contributed by atoms with van der Waals surface area (Å²) in [4.78, 5) is 45.6. The van der Waals surface area contributed by atoms with Crippen LogP contribution in [0.15, 0.2) is 85.5 Å². The number of nitrogens with zero attached hydrogens (tertiary/aromatic N) is 2. The summed E-state index contributed by atoms with van der Waals surface area (Å²) in [5, 5.41) is 12.7. The van der Waals surface area contributed by atoms with Crippen molar-refractivity contribution in [1.29, 1.82) is 0 Å². The molecular formula is C34H36N2O6. The summed E-state index contributed by atoms with van der Waals surface area (Å²) in [5.74, 6) is -2.80. The summed E-state index contributed by atoms with van der Waals surface area (Å²) in [5.41, 5.74) is 0.398. The van der Waals surface area contributed by atoms with Crippen LogP contribution >= 0.6 is 0 Å². The molecular weight excluding hydrogens is 532 g/mol. The summed E-state index contributed by atoms with van der Waals surface area (Å²) in [7, 11) is 0. The molecule has 2 unspecified atom stereocenters. The van der Waals surface area contributed by atoms with Crippen molar-refractivity contribution in [2.45, 2.75) is 50.0 Å². The third kappa shape index (κ3) is 4.50. The van der Waals surface area contributed by atoms with Crippen LogP contribution in [0.3, 0.4) is 0 Å². The lowest BCUT2D eigenvalue weighted by molar-refractivity contribution is -0.155. The molecule has 0 aliphatic carbocycles. The minimum atomic E-state index is -1.20. The van der Waals surface area contributed by atoms with Gasteiger partial charge in [-0.25, -0.2) is 0 Å². The van der Waals surface area contributed by atoms with Crippen LogP contribution < -0.4 is 4.90 Å². The standard InChI is InChI=1S/C34H36N2O6/c1-3-18-35(25-15-14-23-12-8-9-13-24(23)20-25)32(39)30-34-17-16-27(42-34)28(33(40)41-4-2)29(34)31(38)36(30)26(21-37)19-22-10-6-5-7-11-22/h3,5-15,20,26-30,37H,1,4,16-19,21H2,2H3/t26-,27+,28-,29+,30?,34?/m1/s1. The predicted octanol–water partition coefficient (Wildman–Crippen LogP) is 3.90. The summed E-state index contributed by atoms with van der Waals surface area (Å²) in [6.45, 7) is 5.68. The highest BCUT2D eigenvalue weighted by atomic mass is 16.6. The molecule has 1 N–H and O–H groups in total. The SMILES string of the molecule is C=CCN(C(=O)C1N([C@@H](CO)Cc2ccccc2)C(=O)[C@@H]2[C@H](C(=O)OCC)[C@@H]3CCC12O3)c1ccc2ccccc2c1. The Morgan fingerprint density at radius 1 is 1.14 bits per heavy atom. The first-order valence-corrected chi connectivity index (χ1v) is 14.7. The number of likely N-dealkylation sites (tertiary alicyclic amines) is 1. The zero-order valence-electron chi connectivity index (χ0n) is 23.7. The van der Waals surface area contributed by atoms with Gasteiger partial charge in [0.2, 0.25) is 5.91 Å². The third-order valence-corrected chi connectivity index (χ3v) is 9.07. The molecule has 2 bridgehead atoms. The normalized spacial score (nSPS) is 26.7. The molecule has 3 saturated heterocycles. The van der Waals surface area contributed by atoms with Gasteiger partial charge in [-0.15, -0.1) is 6.58 Å². The number of hydrogen-bond donors (Lipinski definition) is 1. The molecule has 0 aromatic heterocycles. The van der Waals surface area contributed by atoms with Gasteiger partial charge >= 0.3 is 5.97 Å². The number of fused-ring (bicyclic) bond motifs is 2. The molecule has 3 aliphatic heterocycles. The molecule has 42 heavy (non-hydrogen) atoms. The number of benzene rings is 3. The van der Waals surface area contributed by atoms with E-state index in [0.29, 0.717) is 24.9 Å². The maximum atomic E-state index is 14.8. The fourth-order valence-corrected chi connectivity index (χ4v) is 7.35. The Morgan fingerprint density at radius 3 is 2.60 bits per heavy atom. The molecule has 3 aromatic rings. The number of carbonyl (C=O) groups is 3. The Morgan fingerprint density at radius 2 is 1.88 bits per heavy atom. The summed E-state index contributed by atoms with van der Waals surface area (Å²) in [6, 6.07) is 21.6. The Bertz CT molecular complexity index is 1510. The highest BCUT2D eigenvalue weighted by Gasteiger charge is 2.75. The van der Waals surface area contributed by atoms with Gasteiger partial charge in [0.15, 0.2) is 0 Å². The van der Waals surface area contributed by atoms with E-state index >= 15 is 0 Å². The summed E-state index contributed by atoms with van der Waals surface area (Å²) >= 11 is 0. The Kier molecular flexibility index (Phi) is 7.60. The van der Waals surface area contributed by atoms with E-state index in [1.807, 2.05) is 72.8 Å². The fraction of sp³-hybridized carbons (Fsp3) is 0.382. The second-order valence-corrected chi connectivity index (χ2v) is 11.3. The first-order valence-electron chi connectivity index (χ1n) is 14.7. The molecule has 8 heteroatoms. The Hall–Kier alpha value is -4.01. The zero-order valence-corrected chi connectivity index (χ0v) is 23.7. The molecule has 8 nitrogen and oxygen atoms in total. The van der Waals surface area contributed by atoms with Crippen molar-refractivity contribution < 1.29 is 29.0 Å². The maximum Gasteiger partial charge on any atom is 0.312 e. The van der Waals surface area contributed by atoms with E-state index in [1.165, 1.54) is 4.90 Å². The molecule has 6 rings (SSSR count). The van der Waals surface area contributed by atoms with E-state index in [9.17, 15) is 19.5 Å². The molecule has 3 aliphatic rings. The fourth-order valence-electron chi connectivity index (χ4n) is 7.35. The van der Waals surface area contributed by atoms with Gasteiger partial charge < -0.3 is 24.4 Å². The van der Waals surface area contributed by atoms with Crippen molar-refractivity contribution in [3.63, 3.8) is 0 Å². The number of hydrogen-bond acceptors (Lipinski definition) is 6. The number of esters is 1. The van der Waals surface area contributed by atoms with Crippen LogP contribution in [0.4, 0.5) is 5.69 Å². The number of aliphatic hydroxyl groups is 1. The van der Waals surface area contributed by atoms with E-state index in [0.717, 1.165) is 16.3 Å². The number of ether oxygens (including phenoxy) is 2. The van der Waals surface area contributed by atoms with Crippen molar-refractivity contribution in [3.05, 3.63) is 91.0 Å². The van der Waals surface area contributed by atoms with Crippen LogP contribution in [0.5, 0.6) is 0 Å². The quantitative estimate of drug-likeness (QED) is 0.295. The largest absolute Gasteiger partial charge is 0.466 e. The van der Waals surface area contributed by atoms with Gasteiger partial charge in [-0.2, -0.15) is 0 Å². The first-order chi connectivity index (χ1) is 20.4. The summed E-state index contributed by atoms with van der Waals surface area (Å²) in [6.07, 6.45) is 2.52. The van der Waals surface area contributed by atoms with E-state index in [2.05, 4.69) is 6.58 Å². The van der Waals surface area contributed by atoms with Crippen LogP contribution in [0, 0.1) is 11.8 Å². The van der Waals surface area contributed by atoms with Crippen LogP contribution in [0.1, 0.15) is 25.3 Å². The van der Waals surface area contributed by atoms with E-state index in [1.54, 1.807) is 17.9 Å². The Balaban J connectivity index is 1.45. The van der Waals surface area contributed by atoms with Gasteiger partial charge in [0.25, 0.3) is 5.91 Å². The van der Waals surface area contributed by atoms with Crippen LogP contribution in [-0.4, -0.2) is 71.3 Å². The molecule has 3 fully saturated rings. The van der Waals surface area contributed by atoms with Gasteiger partial charge in [-0.3, -0.25) is 14.4 Å². The monoisotopic (exact) mass is 568 g/mol. The molecule has 0 radical (unpaired) electrons. The van der Waals surface area contributed by atoms with Crippen molar-refractivity contribution >= 4 is 34.2 Å². The van der Waals surface area contributed by atoms with E-state index in [-0.39, 0.29) is 31.6 Å². The van der Waals surface area contributed by atoms with Crippen molar-refractivity contribution in [1.82, 2.24) is 4.90 Å². The minimum absolute atomic E-state index is 0.185. The zero-order chi connectivity index (χ0) is 29.4.